The van der Waals surface area contributed by atoms with Gasteiger partial charge >= 0.3 is 0 Å². The number of benzene rings is 2. The molecule has 0 N–H and O–H groups in total. The Morgan fingerprint density at radius 2 is 1.74 bits per heavy atom. The van der Waals surface area contributed by atoms with Gasteiger partial charge in [-0.15, -0.1) is 0 Å². The third-order valence-corrected chi connectivity index (χ3v) is 4.00. The number of hydrogen-bond donors (Lipinski definition) is 0. The van der Waals surface area contributed by atoms with Crippen LogP contribution in [-0.2, 0) is 12.8 Å². The van der Waals surface area contributed by atoms with E-state index in [0.29, 0.717) is 13.2 Å². The summed E-state index contributed by atoms with van der Waals surface area (Å²) < 4.78 is 11.7. The molecule has 0 saturated carbocycles. The first kappa shape index (κ1) is 15.6. The number of aliphatic imine (C=N–C) groups is 1. The second kappa shape index (κ2) is 7.32. The lowest BCUT2D eigenvalue weighted by atomic mass is 9.92. The fourth-order valence-electron chi connectivity index (χ4n) is 3.02. The SMILES string of the molecule is CCOc1ccc2c(c1OCC)CCN=C2Cc1ccccc1. The van der Waals surface area contributed by atoms with Crippen molar-refractivity contribution in [2.75, 3.05) is 19.8 Å². The summed E-state index contributed by atoms with van der Waals surface area (Å²) in [7, 11) is 0. The van der Waals surface area contributed by atoms with Gasteiger partial charge in [-0.05, 0) is 38.0 Å². The van der Waals surface area contributed by atoms with Crippen LogP contribution in [0.4, 0.5) is 0 Å². The van der Waals surface area contributed by atoms with Crippen LogP contribution < -0.4 is 9.47 Å². The molecule has 120 valence electrons. The van der Waals surface area contributed by atoms with Crippen molar-refractivity contribution in [2.45, 2.75) is 26.7 Å². The normalized spacial score (nSPS) is 13.2. The molecule has 1 heterocycles. The van der Waals surface area contributed by atoms with Crippen LogP contribution in [0.25, 0.3) is 0 Å². The predicted molar refractivity (Wildman–Crippen MR) is 94.0 cm³/mol. The molecule has 0 bridgehead atoms. The minimum atomic E-state index is 0.641. The third-order valence-electron chi connectivity index (χ3n) is 4.00. The summed E-state index contributed by atoms with van der Waals surface area (Å²) in [5.74, 6) is 1.74. The Morgan fingerprint density at radius 3 is 2.48 bits per heavy atom. The highest BCUT2D eigenvalue weighted by molar-refractivity contribution is 6.04. The largest absolute Gasteiger partial charge is 0.490 e. The molecule has 23 heavy (non-hydrogen) atoms. The maximum atomic E-state index is 5.91. The highest BCUT2D eigenvalue weighted by Gasteiger charge is 2.21. The van der Waals surface area contributed by atoms with Gasteiger partial charge in [0.2, 0.25) is 0 Å². The Hall–Kier alpha value is -2.29. The third kappa shape index (κ3) is 3.39. The zero-order chi connectivity index (χ0) is 16.1. The van der Waals surface area contributed by atoms with Crippen LogP contribution in [0.5, 0.6) is 11.5 Å². The summed E-state index contributed by atoms with van der Waals surface area (Å²) in [6.07, 6.45) is 1.76. The first-order chi connectivity index (χ1) is 11.3. The van der Waals surface area contributed by atoms with Gasteiger partial charge in [-0.1, -0.05) is 30.3 Å². The lowest BCUT2D eigenvalue weighted by molar-refractivity contribution is 0.285. The molecule has 0 amide bonds. The second-order valence-electron chi connectivity index (χ2n) is 5.53. The van der Waals surface area contributed by atoms with E-state index in [0.717, 1.165) is 36.6 Å². The lowest BCUT2D eigenvalue weighted by Crippen LogP contribution is -2.17. The molecule has 0 fully saturated rings. The highest BCUT2D eigenvalue weighted by Crippen LogP contribution is 2.36. The number of fused-ring (bicyclic) bond motifs is 1. The molecule has 0 unspecified atom stereocenters. The Balaban J connectivity index is 1.97. The van der Waals surface area contributed by atoms with E-state index in [9.17, 15) is 0 Å². The van der Waals surface area contributed by atoms with Crippen molar-refractivity contribution in [3.8, 4) is 11.5 Å². The Bertz CT molecular complexity index is 692. The number of rotatable bonds is 6. The summed E-state index contributed by atoms with van der Waals surface area (Å²) in [6.45, 7) is 6.10. The van der Waals surface area contributed by atoms with Crippen LogP contribution in [0.3, 0.4) is 0 Å². The fourth-order valence-corrected chi connectivity index (χ4v) is 3.02. The first-order valence-corrected chi connectivity index (χ1v) is 8.32. The molecule has 3 nitrogen and oxygen atoms in total. The quantitative estimate of drug-likeness (QED) is 0.805. The fraction of sp³-hybridized carbons (Fsp3) is 0.350. The van der Waals surface area contributed by atoms with Crippen molar-refractivity contribution in [3.05, 3.63) is 59.2 Å². The van der Waals surface area contributed by atoms with E-state index in [4.69, 9.17) is 14.5 Å². The van der Waals surface area contributed by atoms with Crippen molar-refractivity contribution in [1.82, 2.24) is 0 Å². The summed E-state index contributed by atoms with van der Waals surface area (Å²) in [5.41, 5.74) is 4.86. The van der Waals surface area contributed by atoms with Gasteiger partial charge in [0, 0.05) is 29.8 Å². The molecule has 0 atom stereocenters. The minimum absolute atomic E-state index is 0.641. The molecule has 0 saturated heterocycles. The molecule has 0 aliphatic carbocycles. The highest BCUT2D eigenvalue weighted by atomic mass is 16.5. The molecule has 1 aliphatic heterocycles. The van der Waals surface area contributed by atoms with Crippen molar-refractivity contribution >= 4 is 5.71 Å². The van der Waals surface area contributed by atoms with E-state index in [1.54, 1.807) is 0 Å². The smallest absolute Gasteiger partial charge is 0.165 e. The first-order valence-electron chi connectivity index (χ1n) is 8.32. The molecule has 0 radical (unpaired) electrons. The molecule has 2 aromatic rings. The number of ether oxygens (including phenoxy) is 2. The summed E-state index contributed by atoms with van der Waals surface area (Å²) >= 11 is 0. The standard InChI is InChI=1S/C20H23NO2/c1-3-22-19-11-10-16-17(20(19)23-4-2)12-13-21-18(16)14-15-8-6-5-7-9-15/h5-11H,3-4,12-14H2,1-2H3. The zero-order valence-electron chi connectivity index (χ0n) is 13.8. The van der Waals surface area contributed by atoms with Crippen molar-refractivity contribution in [1.29, 1.82) is 0 Å². The van der Waals surface area contributed by atoms with Crippen molar-refractivity contribution < 1.29 is 9.47 Å². The van der Waals surface area contributed by atoms with Gasteiger partial charge in [-0.3, -0.25) is 4.99 Å². The van der Waals surface area contributed by atoms with Crippen LogP contribution in [0.2, 0.25) is 0 Å². The Morgan fingerprint density at radius 1 is 0.957 bits per heavy atom. The van der Waals surface area contributed by atoms with E-state index < -0.39 is 0 Å². The summed E-state index contributed by atoms with van der Waals surface area (Å²) in [4.78, 5) is 4.76. The Kier molecular flexibility index (Phi) is 4.96. The van der Waals surface area contributed by atoms with Crippen LogP contribution in [0.15, 0.2) is 47.5 Å². The molecular weight excluding hydrogens is 286 g/mol. The van der Waals surface area contributed by atoms with Crippen molar-refractivity contribution in [2.24, 2.45) is 4.99 Å². The molecule has 0 spiro atoms. The van der Waals surface area contributed by atoms with E-state index in [-0.39, 0.29) is 0 Å². The average Bonchev–Trinajstić information content (AvgIpc) is 2.58. The summed E-state index contributed by atoms with van der Waals surface area (Å²) in [5, 5.41) is 0. The van der Waals surface area contributed by atoms with Crippen LogP contribution in [-0.4, -0.2) is 25.5 Å². The molecule has 3 heteroatoms. The zero-order valence-corrected chi connectivity index (χ0v) is 13.8. The van der Waals surface area contributed by atoms with E-state index in [1.807, 2.05) is 26.0 Å². The van der Waals surface area contributed by atoms with Crippen LogP contribution in [0.1, 0.15) is 30.5 Å². The average molecular weight is 309 g/mol. The summed E-state index contributed by atoms with van der Waals surface area (Å²) in [6, 6.07) is 14.6. The number of hydrogen-bond acceptors (Lipinski definition) is 3. The van der Waals surface area contributed by atoms with Crippen LogP contribution in [0, 0.1) is 0 Å². The number of nitrogens with zero attached hydrogens (tertiary/aromatic N) is 1. The van der Waals surface area contributed by atoms with Gasteiger partial charge in [0.15, 0.2) is 11.5 Å². The van der Waals surface area contributed by atoms with E-state index in [2.05, 4.69) is 30.3 Å². The van der Waals surface area contributed by atoms with Gasteiger partial charge in [0.1, 0.15) is 0 Å². The topological polar surface area (TPSA) is 30.8 Å². The molecule has 1 aliphatic rings. The minimum Gasteiger partial charge on any atom is -0.490 e. The van der Waals surface area contributed by atoms with Gasteiger partial charge in [0.05, 0.1) is 13.2 Å². The Labute approximate surface area is 138 Å². The van der Waals surface area contributed by atoms with Gasteiger partial charge in [-0.25, -0.2) is 0 Å². The van der Waals surface area contributed by atoms with Gasteiger partial charge < -0.3 is 9.47 Å². The molecular formula is C20H23NO2. The second-order valence-corrected chi connectivity index (χ2v) is 5.53. The monoisotopic (exact) mass is 309 g/mol. The maximum absolute atomic E-state index is 5.91. The predicted octanol–water partition coefficient (Wildman–Crippen LogP) is 4.07. The van der Waals surface area contributed by atoms with Gasteiger partial charge in [0.25, 0.3) is 0 Å². The van der Waals surface area contributed by atoms with Crippen molar-refractivity contribution in [3.63, 3.8) is 0 Å². The van der Waals surface area contributed by atoms with E-state index in [1.165, 1.54) is 16.7 Å². The van der Waals surface area contributed by atoms with E-state index >= 15 is 0 Å². The molecule has 3 rings (SSSR count). The lowest BCUT2D eigenvalue weighted by Gasteiger charge is -2.22. The van der Waals surface area contributed by atoms with Gasteiger partial charge in [-0.2, -0.15) is 0 Å². The van der Waals surface area contributed by atoms with Crippen LogP contribution >= 0.6 is 0 Å². The molecule has 0 aromatic heterocycles. The maximum Gasteiger partial charge on any atom is 0.165 e. The molecule has 2 aromatic carbocycles.